The molecule has 162 valence electrons. The zero-order valence-electron chi connectivity index (χ0n) is 17.9. The summed E-state index contributed by atoms with van der Waals surface area (Å²) < 4.78 is 4.41. The fraction of sp³-hybridized carbons (Fsp3) is 0.667. The Morgan fingerprint density at radius 1 is 1.14 bits per heavy atom. The van der Waals surface area contributed by atoms with Crippen molar-refractivity contribution in [3.63, 3.8) is 0 Å². The molecule has 0 radical (unpaired) electrons. The molecule has 0 spiro atoms. The van der Waals surface area contributed by atoms with E-state index in [4.69, 9.17) is 0 Å². The third-order valence-corrected chi connectivity index (χ3v) is 5.31. The molecule has 2 unspecified atom stereocenters. The number of hydrogen-bond acceptors (Lipinski definition) is 5. The monoisotopic (exact) mass is 405 g/mol. The Morgan fingerprint density at radius 2 is 1.76 bits per heavy atom. The standard InChI is InChI=1S/C21H35N5O3/c1-5-14-22-17(13-11-9-7-6-8-10-12-16(2)27)26-20(28)18-19(23-15-24(18)3)25(4)21(26)29/h5,15-17,22,27H,1,6-14H2,2-4H3. The number of aliphatic hydroxyl groups is 1. The highest BCUT2D eigenvalue weighted by Crippen LogP contribution is 2.14. The minimum absolute atomic E-state index is 0.218. The molecule has 0 fully saturated rings. The lowest BCUT2D eigenvalue weighted by atomic mass is 10.1. The van der Waals surface area contributed by atoms with Crippen LogP contribution in [0.3, 0.4) is 0 Å². The maximum Gasteiger partial charge on any atom is 0.333 e. The molecule has 0 amide bonds. The maximum absolute atomic E-state index is 13.1. The Kier molecular flexibility index (Phi) is 8.85. The average molecular weight is 406 g/mol. The van der Waals surface area contributed by atoms with Gasteiger partial charge in [0.05, 0.1) is 18.6 Å². The third-order valence-electron chi connectivity index (χ3n) is 5.31. The second-order valence-corrected chi connectivity index (χ2v) is 7.80. The molecule has 2 rings (SSSR count). The number of aryl methyl sites for hydroxylation is 2. The summed E-state index contributed by atoms with van der Waals surface area (Å²) >= 11 is 0. The Morgan fingerprint density at radius 3 is 2.38 bits per heavy atom. The Bertz CT molecular complexity index is 909. The van der Waals surface area contributed by atoms with Crippen molar-refractivity contribution in [2.45, 2.75) is 70.6 Å². The molecule has 2 aromatic heterocycles. The van der Waals surface area contributed by atoms with Crippen LogP contribution in [-0.4, -0.2) is 36.4 Å². The van der Waals surface area contributed by atoms with E-state index >= 15 is 0 Å². The van der Waals surface area contributed by atoms with E-state index in [0.29, 0.717) is 24.1 Å². The van der Waals surface area contributed by atoms with Gasteiger partial charge in [-0.15, -0.1) is 6.58 Å². The van der Waals surface area contributed by atoms with Crippen molar-refractivity contribution in [3.05, 3.63) is 39.8 Å². The molecule has 8 heteroatoms. The lowest BCUT2D eigenvalue weighted by Gasteiger charge is -2.21. The van der Waals surface area contributed by atoms with Crippen molar-refractivity contribution in [3.8, 4) is 0 Å². The SMILES string of the molecule is C=CCNC(CCCCCCCCC(C)O)n1c(=O)c2c(ncn2C)n(C)c1=O. The largest absolute Gasteiger partial charge is 0.393 e. The van der Waals surface area contributed by atoms with Gasteiger partial charge in [-0.2, -0.15) is 0 Å². The fourth-order valence-corrected chi connectivity index (χ4v) is 3.66. The van der Waals surface area contributed by atoms with Crippen molar-refractivity contribution in [2.75, 3.05) is 6.54 Å². The normalized spacial score (nSPS) is 13.7. The molecule has 0 saturated carbocycles. The fourth-order valence-electron chi connectivity index (χ4n) is 3.66. The molecule has 0 bridgehead atoms. The van der Waals surface area contributed by atoms with Gasteiger partial charge in [-0.05, 0) is 19.8 Å². The van der Waals surface area contributed by atoms with E-state index < -0.39 is 0 Å². The molecule has 0 saturated heterocycles. The van der Waals surface area contributed by atoms with Crippen LogP contribution in [0.4, 0.5) is 0 Å². The van der Waals surface area contributed by atoms with Crippen molar-refractivity contribution < 1.29 is 5.11 Å². The van der Waals surface area contributed by atoms with Crippen molar-refractivity contribution >= 4 is 11.2 Å². The van der Waals surface area contributed by atoms with Crippen molar-refractivity contribution in [1.82, 2.24) is 24.0 Å². The summed E-state index contributed by atoms with van der Waals surface area (Å²) in [5.74, 6) is 0. The third kappa shape index (κ3) is 5.90. The van der Waals surface area contributed by atoms with Crippen LogP contribution in [-0.2, 0) is 14.1 Å². The summed E-state index contributed by atoms with van der Waals surface area (Å²) in [5.41, 5.74) is 0.151. The number of aromatic nitrogens is 4. The van der Waals surface area contributed by atoms with Gasteiger partial charge in [0.15, 0.2) is 11.2 Å². The second-order valence-electron chi connectivity index (χ2n) is 7.80. The van der Waals surface area contributed by atoms with Crippen LogP contribution < -0.4 is 16.6 Å². The van der Waals surface area contributed by atoms with E-state index in [2.05, 4.69) is 16.9 Å². The Labute approximate surface area is 171 Å². The first-order valence-electron chi connectivity index (χ1n) is 10.5. The van der Waals surface area contributed by atoms with E-state index in [-0.39, 0.29) is 23.5 Å². The van der Waals surface area contributed by atoms with Gasteiger partial charge in [0.25, 0.3) is 5.56 Å². The minimum atomic E-state index is -0.381. The maximum atomic E-state index is 13.1. The lowest BCUT2D eigenvalue weighted by Crippen LogP contribution is -2.46. The summed E-state index contributed by atoms with van der Waals surface area (Å²) in [5, 5.41) is 12.6. The van der Waals surface area contributed by atoms with Gasteiger partial charge >= 0.3 is 5.69 Å². The highest BCUT2D eigenvalue weighted by atomic mass is 16.3. The summed E-state index contributed by atoms with van der Waals surface area (Å²) in [6, 6.07) is 0. The number of hydrogen-bond donors (Lipinski definition) is 2. The zero-order chi connectivity index (χ0) is 21.4. The smallest absolute Gasteiger partial charge is 0.333 e. The van der Waals surface area contributed by atoms with Crippen LogP contribution >= 0.6 is 0 Å². The number of rotatable bonds is 13. The van der Waals surface area contributed by atoms with Crippen LogP contribution in [0.2, 0.25) is 0 Å². The predicted molar refractivity (Wildman–Crippen MR) is 116 cm³/mol. The quantitative estimate of drug-likeness (QED) is 0.394. The van der Waals surface area contributed by atoms with Crippen LogP contribution in [0.15, 0.2) is 28.6 Å². The van der Waals surface area contributed by atoms with Gasteiger partial charge in [-0.3, -0.25) is 14.7 Å². The number of unbranched alkanes of at least 4 members (excludes halogenated alkanes) is 5. The average Bonchev–Trinajstić information content (AvgIpc) is 3.07. The molecule has 2 N–H and O–H groups in total. The highest BCUT2D eigenvalue weighted by Gasteiger charge is 2.20. The molecular formula is C21H35N5O3. The molecule has 0 aromatic carbocycles. The van der Waals surface area contributed by atoms with Crippen LogP contribution in [0, 0.1) is 0 Å². The summed E-state index contributed by atoms with van der Waals surface area (Å²) in [6.07, 6.45) is 10.6. The summed E-state index contributed by atoms with van der Waals surface area (Å²) in [6.45, 7) is 6.07. The lowest BCUT2D eigenvalue weighted by molar-refractivity contribution is 0.180. The Balaban J connectivity index is 2.07. The zero-order valence-corrected chi connectivity index (χ0v) is 17.9. The van der Waals surface area contributed by atoms with Gasteiger partial charge in [-0.25, -0.2) is 14.3 Å². The van der Waals surface area contributed by atoms with Crippen LogP contribution in [0.25, 0.3) is 11.2 Å². The summed E-state index contributed by atoms with van der Waals surface area (Å²) in [4.78, 5) is 30.1. The number of fused-ring (bicyclic) bond motifs is 1. The van der Waals surface area contributed by atoms with Gasteiger partial charge in [0.1, 0.15) is 0 Å². The molecular weight excluding hydrogens is 370 g/mol. The van der Waals surface area contributed by atoms with Gasteiger partial charge < -0.3 is 9.67 Å². The number of imidazole rings is 1. The first-order chi connectivity index (χ1) is 13.9. The Hall–Kier alpha value is -2.19. The van der Waals surface area contributed by atoms with Gasteiger partial charge in [-0.1, -0.05) is 44.6 Å². The van der Waals surface area contributed by atoms with Crippen molar-refractivity contribution in [2.24, 2.45) is 14.1 Å². The van der Waals surface area contributed by atoms with Crippen LogP contribution in [0.5, 0.6) is 0 Å². The van der Waals surface area contributed by atoms with E-state index in [0.717, 1.165) is 44.9 Å². The molecule has 2 atom stereocenters. The van der Waals surface area contributed by atoms with E-state index in [1.807, 2.05) is 6.92 Å². The number of nitrogens with zero attached hydrogens (tertiary/aromatic N) is 4. The van der Waals surface area contributed by atoms with E-state index in [1.54, 1.807) is 31.1 Å². The molecule has 29 heavy (non-hydrogen) atoms. The first-order valence-corrected chi connectivity index (χ1v) is 10.5. The van der Waals surface area contributed by atoms with E-state index in [9.17, 15) is 14.7 Å². The summed E-state index contributed by atoms with van der Waals surface area (Å²) in [7, 11) is 3.40. The minimum Gasteiger partial charge on any atom is -0.393 e. The number of aliphatic hydroxyl groups excluding tert-OH is 1. The van der Waals surface area contributed by atoms with Crippen LogP contribution in [0.1, 0.15) is 64.5 Å². The van der Waals surface area contributed by atoms with Gasteiger partial charge in [0, 0.05) is 20.6 Å². The first kappa shape index (κ1) is 23.1. The highest BCUT2D eigenvalue weighted by molar-refractivity contribution is 5.69. The topological polar surface area (TPSA) is 94.1 Å². The molecule has 2 aromatic rings. The van der Waals surface area contributed by atoms with Gasteiger partial charge in [0.2, 0.25) is 0 Å². The van der Waals surface area contributed by atoms with E-state index in [1.165, 1.54) is 9.13 Å². The molecule has 0 aliphatic heterocycles. The molecule has 0 aliphatic rings. The predicted octanol–water partition coefficient (Wildman–Crippen LogP) is 2.21. The molecule has 2 heterocycles. The van der Waals surface area contributed by atoms with Crippen molar-refractivity contribution in [1.29, 1.82) is 0 Å². The molecule has 8 nitrogen and oxygen atoms in total. The number of nitrogens with one attached hydrogen (secondary N) is 1. The second kappa shape index (κ2) is 11.1. The molecule has 0 aliphatic carbocycles.